The predicted octanol–water partition coefficient (Wildman–Crippen LogP) is 19.1. The van der Waals surface area contributed by atoms with E-state index in [0.717, 1.165) is 94.4 Å². The van der Waals surface area contributed by atoms with Crippen LogP contribution in [0.5, 0.6) is 0 Å². The number of hydrogen-bond donors (Lipinski definition) is 0. The van der Waals surface area contributed by atoms with E-state index in [0.29, 0.717) is 5.82 Å². The number of fused-ring (bicyclic) bond motifs is 14. The molecule has 350 valence electrons. The van der Waals surface area contributed by atoms with Crippen LogP contribution in [0.15, 0.2) is 271 Å². The molecule has 0 saturated carbocycles. The molecular formula is C70H44N4O. The Hall–Kier alpha value is -10.1. The maximum atomic E-state index is 7.50. The van der Waals surface area contributed by atoms with Crippen LogP contribution in [0.4, 0.5) is 17.1 Å². The number of anilines is 3. The molecule has 15 aromatic rings. The van der Waals surface area contributed by atoms with E-state index >= 15 is 0 Å². The second-order valence-corrected chi connectivity index (χ2v) is 19.2. The van der Waals surface area contributed by atoms with Gasteiger partial charge in [-0.2, -0.15) is 0 Å². The molecule has 3 heterocycles. The van der Waals surface area contributed by atoms with Gasteiger partial charge in [-0.05, 0) is 91.6 Å². The number of hydrogen-bond acceptors (Lipinski definition) is 4. The van der Waals surface area contributed by atoms with E-state index in [1.54, 1.807) is 0 Å². The minimum Gasteiger partial charge on any atom is -0.453 e. The summed E-state index contributed by atoms with van der Waals surface area (Å²) in [6.07, 6.45) is 0. The number of aromatic nitrogens is 3. The molecule has 0 spiro atoms. The zero-order chi connectivity index (χ0) is 49.4. The van der Waals surface area contributed by atoms with Gasteiger partial charge in [0.05, 0.1) is 27.8 Å². The summed E-state index contributed by atoms with van der Waals surface area (Å²) in [5, 5.41) is 11.3. The van der Waals surface area contributed by atoms with Crippen molar-refractivity contribution < 1.29 is 4.42 Å². The summed E-state index contributed by atoms with van der Waals surface area (Å²) in [5.41, 5.74) is 14.2. The second-order valence-electron chi connectivity index (χ2n) is 19.2. The van der Waals surface area contributed by atoms with Crippen LogP contribution in [-0.2, 0) is 0 Å². The lowest BCUT2D eigenvalue weighted by atomic mass is 9.93. The molecule has 5 heteroatoms. The summed E-state index contributed by atoms with van der Waals surface area (Å²) in [6.45, 7) is 0. The van der Waals surface area contributed by atoms with Gasteiger partial charge in [-0.15, -0.1) is 0 Å². The Balaban J connectivity index is 1.01. The summed E-state index contributed by atoms with van der Waals surface area (Å²) >= 11 is 0. The first-order chi connectivity index (χ1) is 37.2. The van der Waals surface area contributed by atoms with Crippen LogP contribution in [-0.4, -0.2) is 14.5 Å². The molecule has 15 rings (SSSR count). The molecule has 0 saturated heterocycles. The highest BCUT2D eigenvalue weighted by Crippen LogP contribution is 2.49. The van der Waals surface area contributed by atoms with Crippen LogP contribution in [0.2, 0.25) is 0 Å². The van der Waals surface area contributed by atoms with E-state index in [2.05, 4.69) is 252 Å². The Morgan fingerprint density at radius 1 is 0.333 bits per heavy atom. The lowest BCUT2D eigenvalue weighted by molar-refractivity contribution is 0.673. The average Bonchev–Trinajstić information content (AvgIpc) is 4.05. The van der Waals surface area contributed by atoms with Gasteiger partial charge in [-0.25, -0.2) is 9.97 Å². The molecule has 12 aromatic carbocycles. The van der Waals surface area contributed by atoms with Crippen LogP contribution >= 0.6 is 0 Å². The summed E-state index contributed by atoms with van der Waals surface area (Å²) < 4.78 is 9.88. The largest absolute Gasteiger partial charge is 0.453 e. The highest BCUT2D eigenvalue weighted by atomic mass is 16.3. The van der Waals surface area contributed by atoms with Gasteiger partial charge in [0, 0.05) is 50.1 Å². The number of para-hydroxylation sites is 2. The minimum absolute atomic E-state index is 0.654. The Kier molecular flexibility index (Phi) is 9.82. The molecule has 75 heavy (non-hydrogen) atoms. The first-order valence-electron chi connectivity index (χ1n) is 25.5. The van der Waals surface area contributed by atoms with Crippen LogP contribution in [0.3, 0.4) is 0 Å². The maximum Gasteiger partial charge on any atom is 0.162 e. The molecule has 0 N–H and O–H groups in total. The van der Waals surface area contributed by atoms with Crippen molar-refractivity contribution in [1.82, 2.24) is 14.5 Å². The van der Waals surface area contributed by atoms with Gasteiger partial charge < -0.3 is 9.32 Å². The molecular weight excluding hydrogens is 913 g/mol. The predicted molar refractivity (Wildman–Crippen MR) is 313 cm³/mol. The fraction of sp³-hybridized carbons (Fsp3) is 0. The van der Waals surface area contributed by atoms with Crippen molar-refractivity contribution in [2.75, 3.05) is 4.90 Å². The third kappa shape index (κ3) is 6.86. The highest BCUT2D eigenvalue weighted by Gasteiger charge is 2.26. The van der Waals surface area contributed by atoms with E-state index in [1.807, 2.05) is 24.3 Å². The Bertz CT molecular complexity index is 4590. The summed E-state index contributed by atoms with van der Waals surface area (Å²) in [7, 11) is 0. The van der Waals surface area contributed by atoms with Crippen LogP contribution < -0.4 is 4.90 Å². The molecule has 5 nitrogen and oxygen atoms in total. The van der Waals surface area contributed by atoms with E-state index in [4.69, 9.17) is 14.4 Å². The number of furan rings is 1. The minimum atomic E-state index is 0.654. The highest BCUT2D eigenvalue weighted by molar-refractivity contribution is 6.35. The van der Waals surface area contributed by atoms with Crippen LogP contribution in [0, 0.1) is 0 Å². The SMILES string of the molecule is c1ccc(-c2cc(-n3c4ccc5c6cccc(N(c7ccccc7)c7ccc(-c8ccccc8-c8ccccc8)cc7)c6oc5c4c4ccc5c6ccccc6c6ccccc6c5c43)nc(-c3ccccc3)n2)cc1. The second kappa shape index (κ2) is 17.3. The van der Waals surface area contributed by atoms with Gasteiger partial charge in [0.25, 0.3) is 0 Å². The zero-order valence-corrected chi connectivity index (χ0v) is 40.6. The fourth-order valence-electron chi connectivity index (χ4n) is 11.6. The number of benzene rings is 12. The quantitative estimate of drug-likeness (QED) is 0.142. The van der Waals surface area contributed by atoms with Gasteiger partial charge >= 0.3 is 0 Å². The summed E-state index contributed by atoms with van der Waals surface area (Å²) in [6, 6.07) is 94.9. The molecule has 0 unspecified atom stereocenters. The normalized spacial score (nSPS) is 11.7. The molecule has 3 aromatic heterocycles. The van der Waals surface area contributed by atoms with Crippen molar-refractivity contribution in [2.24, 2.45) is 0 Å². The molecule has 0 fully saturated rings. The van der Waals surface area contributed by atoms with Crippen molar-refractivity contribution in [3.63, 3.8) is 0 Å². The van der Waals surface area contributed by atoms with E-state index in [-0.39, 0.29) is 0 Å². The van der Waals surface area contributed by atoms with E-state index < -0.39 is 0 Å². The van der Waals surface area contributed by atoms with Gasteiger partial charge in [-0.3, -0.25) is 4.57 Å². The third-order valence-electron chi connectivity index (χ3n) is 15.0. The Morgan fingerprint density at radius 2 is 0.827 bits per heavy atom. The standard InChI is InChI=1S/C70H44N4O/c1-5-20-45(21-6-1)51-28-13-14-29-52(51)46-36-38-50(39-37-46)73(49-26-11-4-12-27-49)63-35-19-34-58-59-42-43-62-66(69(59)75-68(58)63)60-41-40-57-55-32-16-15-30-53(55)54-31-17-18-33-56(54)65(57)67(60)74(62)64-44-61(47-22-7-2-8-23-47)71-70(72-64)48-24-9-3-10-25-48/h1-44H. The van der Waals surface area contributed by atoms with Crippen LogP contribution in [0.25, 0.3) is 127 Å². The fourth-order valence-corrected chi connectivity index (χ4v) is 11.6. The lowest BCUT2D eigenvalue weighted by Crippen LogP contribution is -2.10. The topological polar surface area (TPSA) is 47.1 Å². The Labute approximate surface area is 432 Å². The lowest BCUT2D eigenvalue weighted by Gasteiger charge is -2.25. The number of nitrogens with zero attached hydrogens (tertiary/aromatic N) is 4. The van der Waals surface area contributed by atoms with Gasteiger partial charge in [-0.1, -0.05) is 218 Å². The first-order valence-corrected chi connectivity index (χ1v) is 25.5. The molecule has 0 aliphatic rings. The van der Waals surface area contributed by atoms with E-state index in [1.165, 1.54) is 43.6 Å². The van der Waals surface area contributed by atoms with Crippen molar-refractivity contribution in [1.29, 1.82) is 0 Å². The van der Waals surface area contributed by atoms with Crippen molar-refractivity contribution >= 4 is 93.1 Å². The molecule has 0 aliphatic heterocycles. The van der Waals surface area contributed by atoms with Gasteiger partial charge in [0.2, 0.25) is 0 Å². The summed E-state index contributed by atoms with van der Waals surface area (Å²) in [5.74, 6) is 1.43. The smallest absolute Gasteiger partial charge is 0.162 e. The van der Waals surface area contributed by atoms with Crippen molar-refractivity contribution in [3.05, 3.63) is 267 Å². The number of rotatable bonds is 8. The Morgan fingerprint density at radius 3 is 1.51 bits per heavy atom. The van der Waals surface area contributed by atoms with E-state index in [9.17, 15) is 0 Å². The first kappa shape index (κ1) is 42.6. The molecule has 0 atom stereocenters. The molecule has 0 bridgehead atoms. The van der Waals surface area contributed by atoms with Gasteiger partial charge in [0.1, 0.15) is 11.4 Å². The van der Waals surface area contributed by atoms with Crippen LogP contribution in [0.1, 0.15) is 0 Å². The molecule has 0 amide bonds. The maximum absolute atomic E-state index is 7.50. The third-order valence-corrected chi connectivity index (χ3v) is 15.0. The summed E-state index contributed by atoms with van der Waals surface area (Å²) in [4.78, 5) is 13.1. The zero-order valence-electron chi connectivity index (χ0n) is 40.6. The molecule has 0 radical (unpaired) electrons. The van der Waals surface area contributed by atoms with Crippen molar-refractivity contribution in [3.8, 4) is 50.7 Å². The van der Waals surface area contributed by atoms with Gasteiger partial charge in [0.15, 0.2) is 11.4 Å². The monoisotopic (exact) mass is 956 g/mol. The van der Waals surface area contributed by atoms with Crippen molar-refractivity contribution in [2.45, 2.75) is 0 Å². The molecule has 0 aliphatic carbocycles. The average molecular weight is 957 g/mol.